The van der Waals surface area contributed by atoms with Crippen molar-refractivity contribution in [3.63, 3.8) is 0 Å². The van der Waals surface area contributed by atoms with Crippen molar-refractivity contribution < 1.29 is 0 Å². The topological polar surface area (TPSA) is 0 Å². The van der Waals surface area contributed by atoms with Gasteiger partial charge in [0.25, 0.3) is 0 Å². The summed E-state index contributed by atoms with van der Waals surface area (Å²) in [6, 6.07) is 204. The van der Waals surface area contributed by atoms with Crippen LogP contribution in [0, 0.1) is 0 Å². The lowest BCUT2D eigenvalue weighted by Crippen LogP contribution is -1.93. The van der Waals surface area contributed by atoms with Crippen molar-refractivity contribution in [2.45, 2.75) is 0 Å². The van der Waals surface area contributed by atoms with Crippen LogP contribution in [-0.2, 0) is 0 Å². The Balaban J connectivity index is 0.0000000962. The molecule has 27 aromatic carbocycles. The number of thiophene rings is 4. The first kappa shape index (κ1) is 89.5. The van der Waals surface area contributed by atoms with E-state index in [1.165, 1.54) is 289 Å². The highest BCUT2D eigenvalue weighted by molar-refractivity contribution is 7.27. The maximum Gasteiger partial charge on any atom is 0.0361 e. The third kappa shape index (κ3) is 15.5. The molecule has 0 amide bonds. The predicted octanol–water partition coefficient (Wildman–Crippen LogP) is 43.8. The number of hydrogen-bond donors (Lipinski definition) is 0. The Morgan fingerprint density at radius 2 is 0.253 bits per heavy atom. The van der Waals surface area contributed by atoms with Crippen molar-refractivity contribution >= 4 is 212 Å². The summed E-state index contributed by atoms with van der Waals surface area (Å²) in [5.41, 5.74) is 28.2. The van der Waals surface area contributed by atoms with E-state index < -0.39 is 0 Å². The normalized spacial score (nSPS) is 11.6. The second-order valence-corrected chi connectivity index (χ2v) is 43.0. The summed E-state index contributed by atoms with van der Waals surface area (Å²) in [6.45, 7) is 0. The maximum absolute atomic E-state index is 2.34. The highest BCUT2D eigenvalue weighted by Crippen LogP contribution is 2.56. The van der Waals surface area contributed by atoms with E-state index in [0.717, 1.165) is 0 Å². The summed E-state index contributed by atoms with van der Waals surface area (Å²) in [5, 5.41) is 31.4. The highest BCUT2D eigenvalue weighted by Gasteiger charge is 2.28. The van der Waals surface area contributed by atoms with Gasteiger partial charge in [-0.05, 0) is 263 Å². The van der Waals surface area contributed by atoms with Crippen LogP contribution in [0.1, 0.15) is 0 Å². The summed E-state index contributed by atoms with van der Waals surface area (Å²) < 4.78 is 10.7. The van der Waals surface area contributed by atoms with Gasteiger partial charge in [-0.25, -0.2) is 0 Å². The third-order valence-corrected chi connectivity index (χ3v) is 34.8. The van der Waals surface area contributed by atoms with Crippen LogP contribution in [0.25, 0.3) is 289 Å². The predicted molar refractivity (Wildman–Crippen MR) is 657 cm³/mol. The fourth-order valence-electron chi connectivity index (χ4n) is 23.9. The van der Waals surface area contributed by atoms with Gasteiger partial charge < -0.3 is 0 Å². The van der Waals surface area contributed by atoms with Gasteiger partial charge in [-0.1, -0.05) is 504 Å². The van der Waals surface area contributed by atoms with Gasteiger partial charge in [0.1, 0.15) is 0 Å². The molecular formula is C146H92S4. The van der Waals surface area contributed by atoms with Crippen LogP contribution in [0.3, 0.4) is 0 Å². The molecule has 0 bridgehead atoms. The van der Waals surface area contributed by atoms with E-state index in [-0.39, 0.29) is 0 Å². The molecule has 0 saturated heterocycles. The lowest BCUT2D eigenvalue weighted by molar-refractivity contribution is 1.61. The smallest absolute Gasteiger partial charge is 0.0361 e. The molecule has 0 nitrogen and oxygen atoms in total. The van der Waals surface area contributed by atoms with E-state index >= 15 is 0 Å². The standard InChI is InChI=1S/3C38H24S.C32H20S/c1-2-12-25(13-3-1)26-14-10-15-27(24-26)36-28-16-4-6-18-30(28)37(31-19-7-5-17-29(31)36)33-21-11-23-35-38(33)32-20-8-9-22-34(32)39-35;1-2-11-25(12-3-1)26-21-23-27(24-22-26)36-28-13-4-6-15-30(28)37(31-16-7-5-14-29(31)36)33-18-10-20-35-38(33)32-17-8-9-19-34(32)39-35;1-2-13-25(14-3-1)26-15-4-5-16-27(26)36-28-17-6-8-19-30(28)37(31-20-9-7-18-29(31)36)33-22-12-24-35-38(33)32-21-10-11-23-34(32)39-35;1-2-11-21(12-3-1)30-22-13-4-6-15-24(22)31(25-16-7-5-14-23(25)30)27-18-10-20-29-32(27)26-17-8-9-19-28(26)33-29/h3*1-24H;1-20H. The lowest BCUT2D eigenvalue weighted by Gasteiger charge is -2.20. The summed E-state index contributed by atoms with van der Waals surface area (Å²) in [7, 11) is 0. The molecule has 0 aliphatic rings. The van der Waals surface area contributed by atoms with Gasteiger partial charge >= 0.3 is 0 Å². The molecule has 0 radical (unpaired) electrons. The summed E-state index contributed by atoms with van der Waals surface area (Å²) >= 11 is 7.52. The fraction of sp³-hybridized carbons (Fsp3) is 0. The summed E-state index contributed by atoms with van der Waals surface area (Å²) in [6.07, 6.45) is 0. The van der Waals surface area contributed by atoms with Crippen LogP contribution >= 0.6 is 45.3 Å². The van der Waals surface area contributed by atoms with Crippen molar-refractivity contribution in [1.29, 1.82) is 0 Å². The first-order valence-electron chi connectivity index (χ1n) is 51.4. The van der Waals surface area contributed by atoms with Crippen LogP contribution in [0.4, 0.5) is 0 Å². The minimum Gasteiger partial charge on any atom is -0.135 e. The molecule has 0 atom stereocenters. The number of rotatable bonds is 11. The average Bonchev–Trinajstić information content (AvgIpc) is 1.28. The zero-order valence-electron chi connectivity index (χ0n) is 81.7. The van der Waals surface area contributed by atoms with Gasteiger partial charge in [0.05, 0.1) is 0 Å². The Morgan fingerprint density at radius 3 is 0.547 bits per heavy atom. The molecule has 0 aliphatic heterocycles. The monoisotopic (exact) mass is 1970 g/mol. The Kier molecular flexibility index (Phi) is 22.9. The average molecular weight is 1970 g/mol. The van der Waals surface area contributed by atoms with E-state index in [0.29, 0.717) is 0 Å². The van der Waals surface area contributed by atoms with E-state index in [1.54, 1.807) is 0 Å². The Morgan fingerprint density at radius 1 is 0.0867 bits per heavy atom. The van der Waals surface area contributed by atoms with Gasteiger partial charge in [0.2, 0.25) is 0 Å². The van der Waals surface area contributed by atoms with Gasteiger partial charge in [-0.2, -0.15) is 0 Å². The molecule has 0 saturated carbocycles. The lowest BCUT2D eigenvalue weighted by atomic mass is 9.83. The molecule has 0 spiro atoms. The first-order valence-corrected chi connectivity index (χ1v) is 54.7. The Bertz CT molecular complexity index is 10500. The van der Waals surface area contributed by atoms with Crippen LogP contribution in [0.15, 0.2) is 558 Å². The van der Waals surface area contributed by atoms with Gasteiger partial charge in [-0.3, -0.25) is 0 Å². The minimum absolute atomic E-state index is 1.24. The number of fused-ring (bicyclic) bond motifs is 20. The molecule has 0 unspecified atom stereocenters. The molecule has 150 heavy (non-hydrogen) atoms. The van der Waals surface area contributed by atoms with Crippen molar-refractivity contribution in [3.8, 4) is 122 Å². The van der Waals surface area contributed by atoms with Gasteiger partial charge in [-0.15, -0.1) is 45.3 Å². The van der Waals surface area contributed by atoms with Gasteiger partial charge in [0, 0.05) is 80.7 Å². The molecule has 31 rings (SSSR count). The Hall–Kier alpha value is -18.1. The molecule has 31 aromatic rings. The zero-order valence-corrected chi connectivity index (χ0v) is 85.0. The number of benzene rings is 27. The molecule has 0 fully saturated rings. The fourth-order valence-corrected chi connectivity index (χ4v) is 28.5. The van der Waals surface area contributed by atoms with Crippen molar-refractivity contribution in [3.05, 3.63) is 558 Å². The molecule has 4 heteroatoms. The number of hydrogen-bond acceptors (Lipinski definition) is 4. The quantitative estimate of drug-likeness (QED) is 0.113. The maximum atomic E-state index is 2.34. The summed E-state index contributed by atoms with van der Waals surface area (Å²) in [4.78, 5) is 0. The minimum atomic E-state index is 1.24. The second-order valence-electron chi connectivity index (χ2n) is 38.6. The largest absolute Gasteiger partial charge is 0.135 e. The van der Waals surface area contributed by atoms with Crippen molar-refractivity contribution in [2.75, 3.05) is 0 Å². The Labute approximate surface area is 885 Å². The first-order chi connectivity index (χ1) is 74.5. The van der Waals surface area contributed by atoms with Crippen LogP contribution < -0.4 is 0 Å². The molecule has 4 aromatic heterocycles. The summed E-state index contributed by atoms with van der Waals surface area (Å²) in [5.74, 6) is 0. The van der Waals surface area contributed by atoms with Crippen LogP contribution in [0.2, 0.25) is 0 Å². The van der Waals surface area contributed by atoms with Gasteiger partial charge in [0.15, 0.2) is 0 Å². The van der Waals surface area contributed by atoms with E-state index in [9.17, 15) is 0 Å². The molecule has 0 aliphatic carbocycles. The van der Waals surface area contributed by atoms with Crippen LogP contribution in [0.5, 0.6) is 0 Å². The molecular weight excluding hydrogens is 1880 g/mol. The molecule has 4 heterocycles. The molecule has 0 N–H and O–H groups in total. The van der Waals surface area contributed by atoms with Crippen molar-refractivity contribution in [1.82, 2.24) is 0 Å². The highest BCUT2D eigenvalue weighted by atomic mass is 32.1. The third-order valence-electron chi connectivity index (χ3n) is 30.3. The molecule has 700 valence electrons. The van der Waals surface area contributed by atoms with E-state index in [2.05, 4.69) is 558 Å². The SMILES string of the molecule is c1ccc(-c2c3ccccc3c(-c3cccc4sc5ccccc5c34)c3ccccc23)cc1.c1ccc(-c2ccc(-c3c4ccccc4c(-c4cccc5sc6ccccc6c45)c4ccccc34)cc2)cc1.c1ccc(-c2cccc(-c3c4ccccc4c(-c4cccc5sc6ccccc6c45)c4ccccc34)c2)cc1.c1ccc(-c2ccccc2-c2c3ccccc3c(-c3cccc4sc5ccccc5c34)c3ccccc23)cc1. The van der Waals surface area contributed by atoms with E-state index in [1.807, 2.05) is 45.3 Å². The van der Waals surface area contributed by atoms with E-state index in [4.69, 9.17) is 0 Å². The zero-order chi connectivity index (χ0) is 99.1. The second kappa shape index (κ2) is 38.4. The van der Waals surface area contributed by atoms with Crippen LogP contribution in [-0.4, -0.2) is 0 Å². The van der Waals surface area contributed by atoms with Crippen molar-refractivity contribution in [2.24, 2.45) is 0 Å².